The van der Waals surface area contributed by atoms with Crippen molar-refractivity contribution in [3.63, 3.8) is 0 Å². The van der Waals surface area contributed by atoms with E-state index in [1.807, 2.05) is 35.2 Å². The summed E-state index contributed by atoms with van der Waals surface area (Å²) in [5.74, 6) is 1.51. The van der Waals surface area contributed by atoms with Gasteiger partial charge in [-0.25, -0.2) is 0 Å². The number of ether oxygens (including phenoxy) is 2. The fraction of sp³-hybridized carbons (Fsp3) is 0.350. The molecule has 0 radical (unpaired) electrons. The van der Waals surface area contributed by atoms with E-state index >= 15 is 0 Å². The number of amides is 1. The first-order valence-electron chi connectivity index (χ1n) is 8.59. The lowest BCUT2D eigenvalue weighted by molar-refractivity contribution is 0.0628. The number of hydrogen-bond donors (Lipinski definition) is 0. The lowest BCUT2D eigenvalue weighted by Crippen LogP contribution is -2.48. The molecular formula is C20H23ClN2O3. The van der Waals surface area contributed by atoms with Crippen LogP contribution in [0.25, 0.3) is 0 Å². The quantitative estimate of drug-likeness (QED) is 0.805. The molecule has 0 spiro atoms. The van der Waals surface area contributed by atoms with Crippen LogP contribution in [0.2, 0.25) is 5.02 Å². The number of nitrogens with zero attached hydrogens (tertiary/aromatic N) is 2. The maximum atomic E-state index is 12.6. The second kappa shape index (κ2) is 8.43. The lowest BCUT2D eigenvalue weighted by atomic mass is 10.1. The van der Waals surface area contributed by atoms with E-state index in [2.05, 4.69) is 4.90 Å². The molecule has 138 valence electrons. The molecule has 0 aromatic heterocycles. The van der Waals surface area contributed by atoms with E-state index in [-0.39, 0.29) is 5.91 Å². The normalized spacial score (nSPS) is 15.0. The molecule has 26 heavy (non-hydrogen) atoms. The molecule has 1 heterocycles. The maximum absolute atomic E-state index is 12.6. The van der Waals surface area contributed by atoms with Crippen molar-refractivity contribution in [2.45, 2.75) is 6.54 Å². The van der Waals surface area contributed by atoms with Gasteiger partial charge < -0.3 is 14.4 Å². The SMILES string of the molecule is COc1ccc(CN2CCN(C(=O)c3cccc(Cl)c3)CC2)cc1OC. The van der Waals surface area contributed by atoms with Crippen molar-refractivity contribution in [1.29, 1.82) is 0 Å². The molecule has 1 fully saturated rings. The van der Waals surface area contributed by atoms with Gasteiger partial charge in [0, 0.05) is 43.3 Å². The predicted octanol–water partition coefficient (Wildman–Crippen LogP) is 3.32. The fourth-order valence-corrected chi connectivity index (χ4v) is 3.34. The molecule has 1 saturated heterocycles. The first kappa shape index (κ1) is 18.5. The van der Waals surface area contributed by atoms with E-state index in [0.717, 1.165) is 36.7 Å². The Morgan fingerprint density at radius 1 is 1.00 bits per heavy atom. The molecule has 0 N–H and O–H groups in total. The number of methoxy groups -OCH3 is 2. The third-order valence-electron chi connectivity index (χ3n) is 4.59. The molecule has 1 aliphatic heterocycles. The van der Waals surface area contributed by atoms with Gasteiger partial charge in [-0.2, -0.15) is 0 Å². The summed E-state index contributed by atoms with van der Waals surface area (Å²) in [5, 5.41) is 0.586. The van der Waals surface area contributed by atoms with Crippen LogP contribution in [-0.4, -0.2) is 56.1 Å². The minimum absolute atomic E-state index is 0.0401. The van der Waals surface area contributed by atoms with Crippen LogP contribution in [0.4, 0.5) is 0 Å². The van der Waals surface area contributed by atoms with Gasteiger partial charge in [0.05, 0.1) is 14.2 Å². The summed E-state index contributed by atoms with van der Waals surface area (Å²) in [4.78, 5) is 16.8. The summed E-state index contributed by atoms with van der Waals surface area (Å²) in [6.07, 6.45) is 0. The Labute approximate surface area is 159 Å². The fourth-order valence-electron chi connectivity index (χ4n) is 3.15. The van der Waals surface area contributed by atoms with Gasteiger partial charge in [0.1, 0.15) is 0 Å². The van der Waals surface area contributed by atoms with E-state index in [1.54, 1.807) is 26.4 Å². The third-order valence-corrected chi connectivity index (χ3v) is 4.82. The highest BCUT2D eigenvalue weighted by Gasteiger charge is 2.22. The van der Waals surface area contributed by atoms with Crippen molar-refractivity contribution in [2.24, 2.45) is 0 Å². The molecule has 0 aliphatic carbocycles. The van der Waals surface area contributed by atoms with Gasteiger partial charge in [-0.15, -0.1) is 0 Å². The van der Waals surface area contributed by atoms with Crippen LogP contribution in [0.5, 0.6) is 11.5 Å². The Balaban J connectivity index is 1.58. The second-order valence-corrected chi connectivity index (χ2v) is 6.70. The number of halogens is 1. The van der Waals surface area contributed by atoms with Gasteiger partial charge in [-0.1, -0.05) is 23.7 Å². The minimum Gasteiger partial charge on any atom is -0.493 e. The van der Waals surface area contributed by atoms with Crippen molar-refractivity contribution in [1.82, 2.24) is 9.80 Å². The third kappa shape index (κ3) is 4.29. The molecule has 6 heteroatoms. The Hall–Kier alpha value is -2.24. The Bertz CT molecular complexity index is 773. The van der Waals surface area contributed by atoms with Crippen molar-refractivity contribution < 1.29 is 14.3 Å². The van der Waals surface area contributed by atoms with Crippen molar-refractivity contribution in [2.75, 3.05) is 40.4 Å². The number of piperazine rings is 1. The number of carbonyl (C=O) groups is 1. The van der Waals surface area contributed by atoms with E-state index in [1.165, 1.54) is 0 Å². The highest BCUT2D eigenvalue weighted by atomic mass is 35.5. The van der Waals surface area contributed by atoms with Crippen molar-refractivity contribution in [3.8, 4) is 11.5 Å². The van der Waals surface area contributed by atoms with Crippen LogP contribution in [-0.2, 0) is 6.54 Å². The zero-order valence-electron chi connectivity index (χ0n) is 15.1. The standard InChI is InChI=1S/C20H23ClN2O3/c1-25-18-7-6-15(12-19(18)26-2)14-22-8-10-23(11-9-22)20(24)16-4-3-5-17(21)13-16/h3-7,12-13H,8-11,14H2,1-2H3. The Morgan fingerprint density at radius 2 is 1.73 bits per heavy atom. The molecule has 0 atom stereocenters. The molecule has 1 amide bonds. The van der Waals surface area contributed by atoms with Crippen LogP contribution in [0.3, 0.4) is 0 Å². The highest BCUT2D eigenvalue weighted by molar-refractivity contribution is 6.30. The van der Waals surface area contributed by atoms with Crippen LogP contribution < -0.4 is 9.47 Å². The molecule has 3 rings (SSSR count). The van der Waals surface area contributed by atoms with E-state index in [0.29, 0.717) is 23.7 Å². The first-order chi connectivity index (χ1) is 12.6. The number of benzene rings is 2. The van der Waals surface area contributed by atoms with Gasteiger partial charge >= 0.3 is 0 Å². The van der Waals surface area contributed by atoms with Crippen LogP contribution in [0, 0.1) is 0 Å². The van der Waals surface area contributed by atoms with E-state index in [9.17, 15) is 4.79 Å². The summed E-state index contributed by atoms with van der Waals surface area (Å²) in [6, 6.07) is 13.1. The highest BCUT2D eigenvalue weighted by Crippen LogP contribution is 2.28. The van der Waals surface area contributed by atoms with Gasteiger partial charge in [-0.05, 0) is 35.9 Å². The summed E-state index contributed by atoms with van der Waals surface area (Å²) >= 11 is 5.99. The number of carbonyl (C=O) groups excluding carboxylic acids is 1. The van der Waals surface area contributed by atoms with Crippen LogP contribution in [0.1, 0.15) is 15.9 Å². The zero-order chi connectivity index (χ0) is 18.5. The molecule has 2 aromatic rings. The number of rotatable bonds is 5. The van der Waals surface area contributed by atoms with Crippen LogP contribution >= 0.6 is 11.6 Å². The molecule has 0 saturated carbocycles. The average molecular weight is 375 g/mol. The van der Waals surface area contributed by atoms with Gasteiger partial charge in [0.25, 0.3) is 5.91 Å². The van der Waals surface area contributed by atoms with Gasteiger partial charge in [0.2, 0.25) is 0 Å². The van der Waals surface area contributed by atoms with Crippen molar-refractivity contribution in [3.05, 3.63) is 58.6 Å². The predicted molar refractivity (Wildman–Crippen MR) is 102 cm³/mol. The summed E-state index contributed by atoms with van der Waals surface area (Å²) in [6.45, 7) is 3.90. The van der Waals surface area contributed by atoms with Gasteiger partial charge in [0.15, 0.2) is 11.5 Å². The summed E-state index contributed by atoms with van der Waals surface area (Å²) < 4.78 is 10.6. The Morgan fingerprint density at radius 3 is 2.38 bits per heavy atom. The van der Waals surface area contributed by atoms with E-state index < -0.39 is 0 Å². The molecular weight excluding hydrogens is 352 g/mol. The number of hydrogen-bond acceptors (Lipinski definition) is 4. The zero-order valence-corrected chi connectivity index (χ0v) is 15.8. The Kier molecular flexibility index (Phi) is 6.01. The average Bonchev–Trinajstić information content (AvgIpc) is 2.68. The van der Waals surface area contributed by atoms with Gasteiger partial charge in [-0.3, -0.25) is 9.69 Å². The molecule has 0 bridgehead atoms. The topological polar surface area (TPSA) is 42.0 Å². The monoisotopic (exact) mass is 374 g/mol. The molecule has 0 unspecified atom stereocenters. The van der Waals surface area contributed by atoms with Crippen LogP contribution in [0.15, 0.2) is 42.5 Å². The lowest BCUT2D eigenvalue weighted by Gasteiger charge is -2.35. The van der Waals surface area contributed by atoms with Crippen molar-refractivity contribution >= 4 is 17.5 Å². The van der Waals surface area contributed by atoms with E-state index in [4.69, 9.17) is 21.1 Å². The summed E-state index contributed by atoms with van der Waals surface area (Å²) in [7, 11) is 3.27. The molecule has 5 nitrogen and oxygen atoms in total. The molecule has 2 aromatic carbocycles. The minimum atomic E-state index is 0.0401. The smallest absolute Gasteiger partial charge is 0.253 e. The maximum Gasteiger partial charge on any atom is 0.253 e. The second-order valence-electron chi connectivity index (χ2n) is 6.27. The first-order valence-corrected chi connectivity index (χ1v) is 8.96. The molecule has 1 aliphatic rings. The largest absolute Gasteiger partial charge is 0.493 e. The summed E-state index contributed by atoms with van der Waals surface area (Å²) in [5.41, 5.74) is 1.81.